The van der Waals surface area contributed by atoms with E-state index in [1.807, 2.05) is 41.5 Å². The number of nitrogens with zero attached hydrogens (tertiary/aromatic N) is 2. The van der Waals surface area contributed by atoms with Gasteiger partial charge in [0, 0.05) is 31.4 Å². The highest BCUT2D eigenvalue weighted by Gasteiger charge is 2.62. The van der Waals surface area contributed by atoms with E-state index in [9.17, 15) is 19.2 Å². The van der Waals surface area contributed by atoms with Gasteiger partial charge in [-0.2, -0.15) is 0 Å². The van der Waals surface area contributed by atoms with Crippen molar-refractivity contribution >= 4 is 46.1 Å². The van der Waals surface area contributed by atoms with Crippen molar-refractivity contribution in [2.24, 2.45) is 34.5 Å². The number of benzene rings is 1. The molecular weight excluding hydrogens is 728 g/mol. The number of halogens is 1. The van der Waals surface area contributed by atoms with Gasteiger partial charge >= 0.3 is 11.9 Å². The van der Waals surface area contributed by atoms with Gasteiger partial charge in [-0.15, -0.1) is 0 Å². The van der Waals surface area contributed by atoms with E-state index in [0.29, 0.717) is 47.3 Å². The number of Topliss-reactive ketones (excluding diaryl/α,β-unsaturated/α-hetero) is 1. The highest BCUT2D eigenvalue weighted by Crippen LogP contribution is 2.58. The van der Waals surface area contributed by atoms with Gasteiger partial charge in [-0.3, -0.25) is 19.2 Å². The van der Waals surface area contributed by atoms with Crippen molar-refractivity contribution in [1.82, 2.24) is 9.88 Å². The molecule has 13 heteroatoms. The summed E-state index contributed by atoms with van der Waals surface area (Å²) in [5.41, 5.74) is -1.12. The van der Waals surface area contributed by atoms with Crippen LogP contribution in [0.5, 0.6) is 17.4 Å². The molecule has 9 atom stereocenters. The smallest absolute Gasteiger partial charge is 0.312 e. The average molecular weight is 785 g/mol. The maximum absolute atomic E-state index is 14.7. The number of rotatable bonds is 17. The van der Waals surface area contributed by atoms with E-state index in [-0.39, 0.29) is 73.1 Å². The number of ether oxygens (including phenoxy) is 6. The zero-order valence-electron chi connectivity index (χ0n) is 33.5. The quantitative estimate of drug-likeness (QED) is 0.153. The van der Waals surface area contributed by atoms with Crippen molar-refractivity contribution in [3.05, 3.63) is 23.2 Å². The fraction of sp³-hybridized carbons (Fsp3) is 0.690. The third kappa shape index (κ3) is 8.85. The number of aromatic nitrogens is 1. The molecule has 1 saturated heterocycles. The Bertz CT molecular complexity index is 1770. The van der Waals surface area contributed by atoms with Crippen LogP contribution in [0.3, 0.4) is 0 Å². The molecule has 12 nitrogen and oxygen atoms in total. The summed E-state index contributed by atoms with van der Waals surface area (Å²) in [5.74, 6) is 0.355. The van der Waals surface area contributed by atoms with Crippen LogP contribution in [0.1, 0.15) is 92.9 Å². The van der Waals surface area contributed by atoms with E-state index in [2.05, 4.69) is 4.98 Å². The van der Waals surface area contributed by atoms with Crippen LogP contribution < -0.4 is 14.2 Å². The first kappa shape index (κ1) is 41.0. The van der Waals surface area contributed by atoms with Crippen molar-refractivity contribution in [1.29, 1.82) is 0 Å². The van der Waals surface area contributed by atoms with E-state index < -0.39 is 40.8 Å². The van der Waals surface area contributed by atoms with Crippen LogP contribution in [0.15, 0.2) is 18.2 Å². The number of fused-ring (bicyclic) bond motifs is 2. The van der Waals surface area contributed by atoms with Crippen LogP contribution in [0.2, 0.25) is 5.02 Å². The summed E-state index contributed by atoms with van der Waals surface area (Å²) >= 11 is 6.86. The number of hydrogen-bond acceptors (Lipinski definition) is 11. The molecule has 4 fully saturated rings. The highest BCUT2D eigenvalue weighted by atomic mass is 35.5. The van der Waals surface area contributed by atoms with Gasteiger partial charge in [0.2, 0.25) is 11.8 Å². The molecule has 1 amide bonds. The maximum Gasteiger partial charge on any atom is 0.312 e. The Balaban J connectivity index is 1.29. The van der Waals surface area contributed by atoms with E-state index in [0.717, 1.165) is 19.3 Å². The van der Waals surface area contributed by atoms with Gasteiger partial charge in [0.25, 0.3) is 0 Å². The van der Waals surface area contributed by atoms with Crippen LogP contribution in [-0.2, 0) is 33.4 Å². The summed E-state index contributed by atoms with van der Waals surface area (Å²) in [4.78, 5) is 61.8. The summed E-state index contributed by atoms with van der Waals surface area (Å²) in [6, 6.07) is 4.35. The lowest BCUT2D eigenvalue weighted by Gasteiger charge is -2.35. The first-order chi connectivity index (χ1) is 26.1. The lowest BCUT2D eigenvalue weighted by atomic mass is 9.77. The molecule has 0 N–H and O–H groups in total. The molecule has 1 aliphatic heterocycles. The standard InChI is InChI=1S/C42H57ClN2O10/c1-9-26-19-42(26,40(49)51-8)20-32(46)31-16-28(21-45(31)39(48)30(41(4,5)6)17-36(47)55-27-14-24-13-25(24)15-27)54-34-18-35(52-10-2)44-38-29(34)11-12-33(37(38)43)53-22-23(3)50-7/h11-12,18,23-28,30-31H,9-10,13-17,19-22H2,1-8H3/t23?,24-,25+,26-,27?,28-,30-,31+,42-/m1/s1. The third-order valence-electron chi connectivity index (χ3n) is 12.2. The Morgan fingerprint density at radius 3 is 2.35 bits per heavy atom. The predicted molar refractivity (Wildman–Crippen MR) is 205 cm³/mol. The van der Waals surface area contributed by atoms with Gasteiger partial charge in [0.1, 0.15) is 40.9 Å². The normalized spacial score (nSPS) is 27.9. The van der Waals surface area contributed by atoms with Crippen LogP contribution in [-0.4, -0.2) is 91.8 Å². The minimum absolute atomic E-state index is 0.0247. The first-order valence-corrected chi connectivity index (χ1v) is 20.2. The van der Waals surface area contributed by atoms with E-state index in [1.165, 1.54) is 13.5 Å². The number of carbonyl (C=O) groups excluding carboxylic acids is 4. The first-order valence-electron chi connectivity index (χ1n) is 19.8. The maximum atomic E-state index is 14.7. The Hall–Kier alpha value is -3.64. The van der Waals surface area contributed by atoms with Crippen LogP contribution in [0.4, 0.5) is 0 Å². The summed E-state index contributed by atoms with van der Waals surface area (Å²) in [6.45, 7) is 12.2. The lowest BCUT2D eigenvalue weighted by Crippen LogP contribution is -2.48. The van der Waals surface area contributed by atoms with Gasteiger partial charge in [0.05, 0.1) is 50.2 Å². The third-order valence-corrected chi connectivity index (χ3v) is 12.6. The van der Waals surface area contributed by atoms with Crippen molar-refractivity contribution in [2.45, 2.75) is 117 Å². The van der Waals surface area contributed by atoms with Crippen molar-refractivity contribution in [3.8, 4) is 17.4 Å². The average Bonchev–Trinajstić information content (AvgIpc) is 3.95. The summed E-state index contributed by atoms with van der Waals surface area (Å²) in [5, 5.41) is 0.877. The van der Waals surface area contributed by atoms with Crippen molar-refractivity contribution in [3.63, 3.8) is 0 Å². The largest absolute Gasteiger partial charge is 0.489 e. The molecule has 4 aliphatic rings. The molecule has 2 unspecified atom stereocenters. The molecule has 3 saturated carbocycles. The molecule has 3 aliphatic carbocycles. The molecule has 2 aromatic rings. The molecule has 302 valence electrons. The van der Waals surface area contributed by atoms with Gasteiger partial charge in [0.15, 0.2) is 5.78 Å². The lowest BCUT2D eigenvalue weighted by molar-refractivity contribution is -0.157. The number of likely N-dealkylation sites (tertiary alicyclic amines) is 1. The SMILES string of the molecule is CCOc1cc(O[C@@H]2C[C@@H](C(=O)C[C@]3(C(=O)OC)C[C@H]3CC)N(C(=O)[C@@H](CC(=O)OC3C[C@@H]4C[C@@H]4C3)C(C)(C)C)C2)c2ccc(OCC(C)OC)c(Cl)c2n1. The minimum Gasteiger partial charge on any atom is -0.489 e. The summed E-state index contributed by atoms with van der Waals surface area (Å²) in [7, 11) is 2.94. The number of ketones is 1. The number of methoxy groups -OCH3 is 2. The monoisotopic (exact) mass is 784 g/mol. The number of esters is 2. The zero-order chi connectivity index (χ0) is 39.8. The fourth-order valence-electron chi connectivity index (χ4n) is 8.71. The number of hydrogen-bond donors (Lipinski definition) is 0. The highest BCUT2D eigenvalue weighted by molar-refractivity contribution is 6.36. The fourth-order valence-corrected chi connectivity index (χ4v) is 8.97. The van der Waals surface area contributed by atoms with E-state index in [1.54, 1.807) is 30.2 Å². The second-order valence-corrected chi connectivity index (χ2v) is 17.4. The molecule has 6 rings (SSSR count). The van der Waals surface area contributed by atoms with Crippen molar-refractivity contribution < 1.29 is 47.6 Å². The zero-order valence-corrected chi connectivity index (χ0v) is 34.2. The van der Waals surface area contributed by atoms with Gasteiger partial charge in [-0.1, -0.05) is 45.7 Å². The van der Waals surface area contributed by atoms with Crippen LogP contribution in [0, 0.1) is 34.5 Å². The topological polar surface area (TPSA) is 140 Å². The number of carbonyl (C=O) groups is 4. The number of pyridine rings is 1. The summed E-state index contributed by atoms with van der Waals surface area (Å²) in [6.07, 6.45) is 3.42. The van der Waals surface area contributed by atoms with E-state index in [4.69, 9.17) is 40.0 Å². The second kappa shape index (κ2) is 16.5. The summed E-state index contributed by atoms with van der Waals surface area (Å²) < 4.78 is 34.8. The van der Waals surface area contributed by atoms with Crippen LogP contribution in [0.25, 0.3) is 10.9 Å². The molecule has 1 aromatic heterocycles. The van der Waals surface area contributed by atoms with Gasteiger partial charge in [-0.05, 0) is 74.8 Å². The molecule has 0 radical (unpaired) electrons. The van der Waals surface area contributed by atoms with E-state index >= 15 is 0 Å². The van der Waals surface area contributed by atoms with Gasteiger partial charge in [-0.25, -0.2) is 4.98 Å². The van der Waals surface area contributed by atoms with Crippen LogP contribution >= 0.6 is 11.6 Å². The molecule has 2 heterocycles. The van der Waals surface area contributed by atoms with Gasteiger partial charge < -0.3 is 33.3 Å². The Labute approximate surface area is 329 Å². The molecule has 0 spiro atoms. The Kier molecular flexibility index (Phi) is 12.3. The second-order valence-electron chi connectivity index (χ2n) is 17.1. The Morgan fingerprint density at radius 1 is 1.00 bits per heavy atom. The molecule has 1 aromatic carbocycles. The minimum atomic E-state index is -0.908. The Morgan fingerprint density at radius 2 is 1.73 bits per heavy atom. The predicted octanol–water partition coefficient (Wildman–Crippen LogP) is 6.99. The molecular formula is C42H57ClN2O10. The number of amides is 1. The van der Waals surface area contributed by atoms with Crippen molar-refractivity contribution in [2.75, 3.05) is 34.0 Å². The molecule has 0 bridgehead atoms. The molecule has 55 heavy (non-hydrogen) atoms.